The molecule has 1 aromatic rings. The maximum atomic E-state index is 10.4. The van der Waals surface area contributed by atoms with Gasteiger partial charge in [-0.05, 0) is 17.7 Å². The average Bonchev–Trinajstić information content (AvgIpc) is 2.19. The predicted octanol–water partition coefficient (Wildman–Crippen LogP) is 0.0553. The van der Waals surface area contributed by atoms with E-state index in [0.717, 1.165) is 5.56 Å². The van der Waals surface area contributed by atoms with Crippen molar-refractivity contribution in [2.45, 2.75) is 0 Å². The van der Waals surface area contributed by atoms with Gasteiger partial charge in [0.05, 0.1) is 6.21 Å². The molecule has 0 saturated carbocycles. The zero-order valence-electron chi connectivity index (χ0n) is 6.64. The van der Waals surface area contributed by atoms with Crippen LogP contribution in [0.3, 0.4) is 0 Å². The smallest absolute Gasteiger partial charge is 0.265 e. The standard InChI is InChI=1S/C8H6N4O/c9-5-8(13)12-11-6-7-1-3-10-4-2-7/h1-4,6H,(H,12,13)/b11-6-. The molecule has 0 spiro atoms. The SMILES string of the molecule is N#CC(=O)N/N=C\c1ccncc1. The normalized spacial score (nSPS) is 9.46. The lowest BCUT2D eigenvalue weighted by molar-refractivity contribution is -0.115. The first-order chi connectivity index (χ1) is 6.33. The molecule has 1 rings (SSSR count). The number of hydrogen-bond donors (Lipinski definition) is 1. The number of nitrogens with zero attached hydrogens (tertiary/aromatic N) is 3. The molecule has 0 unspecified atom stereocenters. The number of nitrogens with one attached hydrogen (secondary N) is 1. The van der Waals surface area contributed by atoms with E-state index in [0.29, 0.717) is 0 Å². The zero-order valence-corrected chi connectivity index (χ0v) is 6.64. The van der Waals surface area contributed by atoms with Crippen LogP contribution in [0, 0.1) is 11.3 Å². The van der Waals surface area contributed by atoms with Crippen LogP contribution < -0.4 is 5.43 Å². The number of rotatable bonds is 2. The fourth-order valence-corrected chi connectivity index (χ4v) is 0.640. The minimum absolute atomic E-state index is 0.787. The molecule has 0 aliphatic rings. The Hall–Kier alpha value is -2.22. The molecule has 0 saturated heterocycles. The Morgan fingerprint density at radius 1 is 1.62 bits per heavy atom. The Kier molecular flexibility index (Phi) is 3.15. The Morgan fingerprint density at radius 2 is 2.31 bits per heavy atom. The van der Waals surface area contributed by atoms with Gasteiger partial charge in [-0.25, -0.2) is 5.43 Å². The predicted molar refractivity (Wildman–Crippen MR) is 45.6 cm³/mol. The van der Waals surface area contributed by atoms with Crippen LogP contribution in [0.15, 0.2) is 29.6 Å². The van der Waals surface area contributed by atoms with Gasteiger partial charge in [-0.3, -0.25) is 9.78 Å². The van der Waals surface area contributed by atoms with E-state index in [1.54, 1.807) is 24.5 Å². The summed E-state index contributed by atoms with van der Waals surface area (Å²) in [6.45, 7) is 0. The van der Waals surface area contributed by atoms with Gasteiger partial charge in [0.2, 0.25) is 0 Å². The second kappa shape index (κ2) is 4.62. The van der Waals surface area contributed by atoms with Gasteiger partial charge in [0, 0.05) is 12.4 Å². The molecule has 64 valence electrons. The van der Waals surface area contributed by atoms with Crippen molar-refractivity contribution in [2.75, 3.05) is 0 Å². The second-order valence-corrected chi connectivity index (χ2v) is 2.09. The maximum absolute atomic E-state index is 10.4. The highest BCUT2D eigenvalue weighted by molar-refractivity contribution is 5.92. The van der Waals surface area contributed by atoms with Crippen LogP contribution in [-0.4, -0.2) is 17.1 Å². The number of amides is 1. The first kappa shape index (κ1) is 8.87. The summed E-state index contributed by atoms with van der Waals surface area (Å²) in [5.74, 6) is -0.787. The molecule has 0 aromatic carbocycles. The molecule has 5 heteroatoms. The van der Waals surface area contributed by atoms with Crippen molar-refractivity contribution in [3.05, 3.63) is 30.1 Å². The molecule has 1 amide bonds. The van der Waals surface area contributed by atoms with E-state index < -0.39 is 5.91 Å². The Morgan fingerprint density at radius 3 is 2.92 bits per heavy atom. The molecule has 1 N–H and O–H groups in total. The Balaban J connectivity index is 2.51. The van der Waals surface area contributed by atoms with E-state index in [4.69, 9.17) is 5.26 Å². The van der Waals surface area contributed by atoms with Crippen molar-refractivity contribution in [3.63, 3.8) is 0 Å². The summed E-state index contributed by atoms with van der Waals surface area (Å²) < 4.78 is 0. The summed E-state index contributed by atoms with van der Waals surface area (Å²) in [5.41, 5.74) is 2.83. The molecule has 5 nitrogen and oxygen atoms in total. The van der Waals surface area contributed by atoms with Gasteiger partial charge in [-0.15, -0.1) is 0 Å². The molecular formula is C8H6N4O. The molecule has 0 fully saturated rings. The number of carbonyl (C=O) groups excluding carboxylic acids is 1. The van der Waals surface area contributed by atoms with E-state index >= 15 is 0 Å². The number of aromatic nitrogens is 1. The molecule has 0 aliphatic carbocycles. The second-order valence-electron chi connectivity index (χ2n) is 2.09. The van der Waals surface area contributed by atoms with E-state index in [-0.39, 0.29) is 0 Å². The van der Waals surface area contributed by atoms with Crippen molar-refractivity contribution in [1.82, 2.24) is 10.4 Å². The molecule has 1 aromatic heterocycles. The lowest BCUT2D eigenvalue weighted by atomic mass is 10.3. The Bertz CT molecular complexity index is 352. The molecule has 0 aliphatic heterocycles. The summed E-state index contributed by atoms with van der Waals surface area (Å²) in [4.78, 5) is 14.2. The van der Waals surface area contributed by atoms with Crippen LogP contribution in [0.25, 0.3) is 0 Å². The quantitative estimate of drug-likeness (QED) is 0.391. The largest absolute Gasteiger partial charge is 0.342 e. The number of pyridine rings is 1. The van der Waals surface area contributed by atoms with E-state index in [9.17, 15) is 4.79 Å². The van der Waals surface area contributed by atoms with Crippen molar-refractivity contribution in [3.8, 4) is 6.07 Å². The summed E-state index contributed by atoms with van der Waals surface area (Å²) >= 11 is 0. The fourth-order valence-electron chi connectivity index (χ4n) is 0.640. The van der Waals surface area contributed by atoms with Crippen LogP contribution >= 0.6 is 0 Å². The monoisotopic (exact) mass is 174 g/mol. The van der Waals surface area contributed by atoms with Gasteiger partial charge in [0.1, 0.15) is 0 Å². The van der Waals surface area contributed by atoms with Gasteiger partial charge in [-0.2, -0.15) is 10.4 Å². The highest BCUT2D eigenvalue weighted by Crippen LogP contribution is 1.89. The highest BCUT2D eigenvalue weighted by atomic mass is 16.2. The Labute approximate surface area is 74.7 Å². The van der Waals surface area contributed by atoms with E-state index in [1.807, 2.05) is 5.43 Å². The lowest BCUT2D eigenvalue weighted by Gasteiger charge is -1.90. The number of nitriles is 1. The van der Waals surface area contributed by atoms with Crippen LogP contribution in [0.4, 0.5) is 0 Å². The third kappa shape index (κ3) is 3.12. The van der Waals surface area contributed by atoms with Gasteiger partial charge in [0.15, 0.2) is 6.07 Å². The number of carbonyl (C=O) groups is 1. The molecule has 0 radical (unpaired) electrons. The average molecular weight is 174 g/mol. The lowest BCUT2D eigenvalue weighted by Crippen LogP contribution is -2.14. The van der Waals surface area contributed by atoms with Gasteiger partial charge in [-0.1, -0.05) is 0 Å². The third-order valence-electron chi connectivity index (χ3n) is 1.19. The zero-order chi connectivity index (χ0) is 9.52. The molecule has 0 bridgehead atoms. The summed E-state index contributed by atoms with van der Waals surface area (Å²) in [6.07, 6.45) is 4.64. The molecular weight excluding hydrogens is 168 g/mol. The van der Waals surface area contributed by atoms with Crippen LogP contribution in [0.2, 0.25) is 0 Å². The molecule has 0 atom stereocenters. The van der Waals surface area contributed by atoms with Crippen LogP contribution in [-0.2, 0) is 4.79 Å². The fraction of sp³-hybridized carbons (Fsp3) is 0. The van der Waals surface area contributed by atoms with Gasteiger partial charge >= 0.3 is 5.91 Å². The summed E-state index contributed by atoms with van der Waals surface area (Å²) in [7, 11) is 0. The number of hydrazone groups is 1. The highest BCUT2D eigenvalue weighted by Gasteiger charge is 1.91. The van der Waals surface area contributed by atoms with Gasteiger partial charge in [0.25, 0.3) is 0 Å². The van der Waals surface area contributed by atoms with Crippen LogP contribution in [0.5, 0.6) is 0 Å². The molecule has 1 heterocycles. The first-order valence-electron chi connectivity index (χ1n) is 3.46. The third-order valence-corrected chi connectivity index (χ3v) is 1.19. The minimum atomic E-state index is -0.787. The summed E-state index contributed by atoms with van der Waals surface area (Å²) in [6, 6.07) is 4.82. The van der Waals surface area contributed by atoms with Crippen molar-refractivity contribution < 1.29 is 4.79 Å². The van der Waals surface area contributed by atoms with Crippen LogP contribution in [0.1, 0.15) is 5.56 Å². The molecule has 13 heavy (non-hydrogen) atoms. The topological polar surface area (TPSA) is 78.1 Å². The maximum Gasteiger partial charge on any atom is 0.342 e. The van der Waals surface area contributed by atoms with Gasteiger partial charge < -0.3 is 0 Å². The number of hydrogen-bond acceptors (Lipinski definition) is 4. The van der Waals surface area contributed by atoms with Crippen molar-refractivity contribution in [1.29, 1.82) is 5.26 Å². The van der Waals surface area contributed by atoms with Crippen molar-refractivity contribution in [2.24, 2.45) is 5.10 Å². The first-order valence-corrected chi connectivity index (χ1v) is 3.46. The summed E-state index contributed by atoms with van der Waals surface area (Å²) in [5, 5.41) is 11.6. The van der Waals surface area contributed by atoms with E-state index in [2.05, 4.69) is 10.1 Å². The van der Waals surface area contributed by atoms with Crippen molar-refractivity contribution >= 4 is 12.1 Å². The van der Waals surface area contributed by atoms with E-state index in [1.165, 1.54) is 12.3 Å². The minimum Gasteiger partial charge on any atom is -0.265 e.